The zero-order valence-corrected chi connectivity index (χ0v) is 11.7. The normalized spacial score (nSPS) is 10.2. The van der Waals surface area contributed by atoms with Gasteiger partial charge in [0.1, 0.15) is 5.75 Å². The zero-order valence-electron chi connectivity index (χ0n) is 10.8. The number of carbonyl (C=O) groups is 1. The molecule has 2 aromatic rings. The third-order valence-corrected chi connectivity index (χ3v) is 3.36. The molecule has 1 aromatic carbocycles. The molecule has 0 aliphatic heterocycles. The number of para-hydroxylation sites is 1. The summed E-state index contributed by atoms with van der Waals surface area (Å²) in [7, 11) is 1.61. The number of methoxy groups -OCH3 is 1. The summed E-state index contributed by atoms with van der Waals surface area (Å²) in [5.74, 6) is 0.704. The number of nitrogens with zero attached hydrogens (tertiary/aromatic N) is 2. The molecule has 0 unspecified atom stereocenters. The second kappa shape index (κ2) is 6.29. The molecule has 19 heavy (non-hydrogen) atoms. The van der Waals surface area contributed by atoms with Crippen LogP contribution in [0.1, 0.15) is 19.8 Å². The molecule has 6 heteroatoms. The number of nitrogens with one attached hydrogen (secondary N) is 1. The molecule has 5 nitrogen and oxygen atoms in total. The lowest BCUT2D eigenvalue weighted by Gasteiger charge is -2.03. The predicted molar refractivity (Wildman–Crippen MR) is 75.4 cm³/mol. The summed E-state index contributed by atoms with van der Waals surface area (Å²) in [6.07, 6.45) is 1.30. The van der Waals surface area contributed by atoms with E-state index in [0.717, 1.165) is 22.7 Å². The van der Waals surface area contributed by atoms with Crippen LogP contribution >= 0.6 is 11.3 Å². The Morgan fingerprint density at radius 2 is 2.16 bits per heavy atom. The molecule has 1 heterocycles. The number of rotatable bonds is 5. The van der Waals surface area contributed by atoms with Gasteiger partial charge in [-0.25, -0.2) is 0 Å². The summed E-state index contributed by atoms with van der Waals surface area (Å²) in [6, 6.07) is 7.59. The van der Waals surface area contributed by atoms with Crippen LogP contribution < -0.4 is 10.1 Å². The van der Waals surface area contributed by atoms with Gasteiger partial charge in [0.25, 0.3) is 0 Å². The molecule has 100 valence electrons. The van der Waals surface area contributed by atoms with Gasteiger partial charge in [-0.2, -0.15) is 0 Å². The van der Waals surface area contributed by atoms with Crippen LogP contribution in [0.2, 0.25) is 0 Å². The average Bonchev–Trinajstić information content (AvgIpc) is 2.87. The van der Waals surface area contributed by atoms with Gasteiger partial charge in [-0.05, 0) is 18.6 Å². The number of amides is 1. The maximum atomic E-state index is 11.5. The standard InChI is InChI=1S/C13H15N3O2S/c1-3-6-11(17)14-13-16-15-12(19-13)9-7-4-5-8-10(9)18-2/h4-5,7-8H,3,6H2,1-2H3,(H,14,16,17). The van der Waals surface area contributed by atoms with Crippen LogP contribution in [0.25, 0.3) is 10.6 Å². The largest absolute Gasteiger partial charge is 0.496 e. The topological polar surface area (TPSA) is 64.1 Å². The molecule has 1 amide bonds. The third-order valence-electron chi connectivity index (χ3n) is 2.49. The lowest BCUT2D eigenvalue weighted by atomic mass is 10.2. The highest BCUT2D eigenvalue weighted by Gasteiger charge is 2.12. The van der Waals surface area contributed by atoms with Crippen molar-refractivity contribution in [2.45, 2.75) is 19.8 Å². The van der Waals surface area contributed by atoms with Crippen LogP contribution in [0.15, 0.2) is 24.3 Å². The molecule has 0 saturated carbocycles. The van der Waals surface area contributed by atoms with Gasteiger partial charge >= 0.3 is 0 Å². The number of benzene rings is 1. The summed E-state index contributed by atoms with van der Waals surface area (Å²) in [5, 5.41) is 12.0. The van der Waals surface area contributed by atoms with Gasteiger partial charge in [0, 0.05) is 6.42 Å². The van der Waals surface area contributed by atoms with Gasteiger partial charge in [0.15, 0.2) is 5.01 Å². The van der Waals surface area contributed by atoms with Crippen molar-refractivity contribution in [3.05, 3.63) is 24.3 Å². The van der Waals surface area contributed by atoms with E-state index in [0.29, 0.717) is 11.6 Å². The third kappa shape index (κ3) is 3.29. The molecule has 1 N–H and O–H groups in total. The highest BCUT2D eigenvalue weighted by molar-refractivity contribution is 7.18. The van der Waals surface area contributed by atoms with E-state index in [-0.39, 0.29) is 5.91 Å². The average molecular weight is 277 g/mol. The molecule has 0 aliphatic rings. The zero-order chi connectivity index (χ0) is 13.7. The Bertz CT molecular complexity index is 569. The maximum absolute atomic E-state index is 11.5. The van der Waals surface area contributed by atoms with E-state index in [2.05, 4.69) is 15.5 Å². The first-order valence-corrected chi connectivity index (χ1v) is 6.83. The Morgan fingerprint density at radius 3 is 2.89 bits per heavy atom. The Hall–Kier alpha value is -1.95. The number of aromatic nitrogens is 2. The first kappa shape index (κ1) is 13.5. The van der Waals surface area contributed by atoms with Crippen LogP contribution in [0.4, 0.5) is 5.13 Å². The fourth-order valence-electron chi connectivity index (χ4n) is 1.61. The minimum absolute atomic E-state index is 0.0368. The van der Waals surface area contributed by atoms with Gasteiger partial charge in [0.2, 0.25) is 11.0 Å². The van der Waals surface area contributed by atoms with E-state index in [9.17, 15) is 4.79 Å². The monoisotopic (exact) mass is 277 g/mol. The molecule has 0 atom stereocenters. The van der Waals surface area contributed by atoms with Crippen LogP contribution in [-0.2, 0) is 4.79 Å². The number of carbonyl (C=O) groups excluding carboxylic acids is 1. The maximum Gasteiger partial charge on any atom is 0.226 e. The fourth-order valence-corrected chi connectivity index (χ4v) is 2.40. The van der Waals surface area contributed by atoms with Crippen LogP contribution in [0.5, 0.6) is 5.75 Å². The summed E-state index contributed by atoms with van der Waals surface area (Å²) in [5.41, 5.74) is 0.874. The summed E-state index contributed by atoms with van der Waals surface area (Å²) < 4.78 is 5.28. The van der Waals surface area contributed by atoms with Crippen LogP contribution in [-0.4, -0.2) is 23.2 Å². The minimum atomic E-state index is -0.0368. The van der Waals surface area contributed by atoms with Crippen LogP contribution in [0.3, 0.4) is 0 Å². The van der Waals surface area contributed by atoms with E-state index in [1.807, 2.05) is 31.2 Å². The molecular weight excluding hydrogens is 262 g/mol. The van der Waals surface area contributed by atoms with Crippen molar-refractivity contribution in [2.75, 3.05) is 12.4 Å². The molecule has 0 bridgehead atoms. The molecule has 0 radical (unpaired) electrons. The van der Waals surface area contributed by atoms with Gasteiger partial charge in [-0.3, -0.25) is 4.79 Å². The van der Waals surface area contributed by atoms with Gasteiger partial charge in [0.05, 0.1) is 12.7 Å². The Labute approximate surface area is 115 Å². The van der Waals surface area contributed by atoms with Crippen molar-refractivity contribution in [1.29, 1.82) is 0 Å². The van der Waals surface area contributed by atoms with E-state index in [4.69, 9.17) is 4.74 Å². The molecular formula is C13H15N3O2S. The van der Waals surface area contributed by atoms with Gasteiger partial charge in [-0.1, -0.05) is 30.4 Å². The number of hydrogen-bond donors (Lipinski definition) is 1. The molecule has 0 saturated heterocycles. The van der Waals surface area contributed by atoms with Crippen molar-refractivity contribution in [1.82, 2.24) is 10.2 Å². The molecule has 2 rings (SSSR count). The van der Waals surface area contributed by atoms with E-state index < -0.39 is 0 Å². The number of anilines is 1. The van der Waals surface area contributed by atoms with E-state index in [1.165, 1.54) is 11.3 Å². The highest BCUT2D eigenvalue weighted by Crippen LogP contribution is 2.33. The Kier molecular flexibility index (Phi) is 4.46. The van der Waals surface area contributed by atoms with Gasteiger partial charge in [-0.15, -0.1) is 10.2 Å². The SMILES string of the molecule is CCCC(=O)Nc1nnc(-c2ccccc2OC)s1. The number of hydrogen-bond acceptors (Lipinski definition) is 5. The fraction of sp³-hybridized carbons (Fsp3) is 0.308. The summed E-state index contributed by atoms with van der Waals surface area (Å²) in [4.78, 5) is 11.5. The van der Waals surface area contributed by atoms with Gasteiger partial charge < -0.3 is 10.1 Å². The van der Waals surface area contributed by atoms with Crippen molar-refractivity contribution in [3.8, 4) is 16.3 Å². The van der Waals surface area contributed by atoms with Crippen molar-refractivity contribution in [3.63, 3.8) is 0 Å². The van der Waals surface area contributed by atoms with Crippen molar-refractivity contribution < 1.29 is 9.53 Å². The molecule has 0 spiro atoms. The highest BCUT2D eigenvalue weighted by atomic mass is 32.1. The first-order chi connectivity index (χ1) is 9.24. The quantitative estimate of drug-likeness (QED) is 0.912. The van der Waals surface area contributed by atoms with Crippen LogP contribution in [0, 0.1) is 0 Å². The van der Waals surface area contributed by atoms with Crippen molar-refractivity contribution >= 4 is 22.4 Å². The lowest BCUT2D eigenvalue weighted by Crippen LogP contribution is -2.10. The second-order valence-corrected chi connectivity index (χ2v) is 4.89. The van der Waals surface area contributed by atoms with E-state index in [1.54, 1.807) is 7.11 Å². The molecule has 1 aromatic heterocycles. The Morgan fingerprint density at radius 1 is 1.37 bits per heavy atom. The number of ether oxygens (including phenoxy) is 1. The Balaban J connectivity index is 2.19. The van der Waals surface area contributed by atoms with Crippen molar-refractivity contribution in [2.24, 2.45) is 0 Å². The lowest BCUT2D eigenvalue weighted by molar-refractivity contribution is -0.116. The molecule has 0 fully saturated rings. The summed E-state index contributed by atoms with van der Waals surface area (Å²) in [6.45, 7) is 1.96. The molecule has 0 aliphatic carbocycles. The smallest absolute Gasteiger partial charge is 0.226 e. The minimum Gasteiger partial charge on any atom is -0.496 e. The predicted octanol–water partition coefficient (Wildman–Crippen LogP) is 2.95. The van der Waals surface area contributed by atoms with E-state index >= 15 is 0 Å². The second-order valence-electron chi connectivity index (χ2n) is 3.91. The first-order valence-electron chi connectivity index (χ1n) is 6.01. The summed E-state index contributed by atoms with van der Waals surface area (Å²) >= 11 is 1.34.